The SMILES string of the molecule is Cc1cc(C)c(C(=O)N[C@H](C)c2c(C)nn(C)c2C)c(=O)[nH]1. The van der Waals surface area contributed by atoms with Crippen LogP contribution in [0.2, 0.25) is 0 Å². The van der Waals surface area contributed by atoms with Crippen LogP contribution in [0.15, 0.2) is 10.9 Å². The largest absolute Gasteiger partial charge is 0.345 e. The summed E-state index contributed by atoms with van der Waals surface area (Å²) in [5.41, 5.74) is 4.08. The number of aromatic nitrogens is 3. The fourth-order valence-corrected chi connectivity index (χ4v) is 2.89. The van der Waals surface area contributed by atoms with E-state index in [1.807, 2.05) is 27.8 Å². The second-order valence-electron chi connectivity index (χ2n) is 5.74. The van der Waals surface area contributed by atoms with Gasteiger partial charge < -0.3 is 10.3 Å². The normalized spacial score (nSPS) is 12.3. The predicted molar refractivity (Wildman–Crippen MR) is 85.1 cm³/mol. The quantitative estimate of drug-likeness (QED) is 0.908. The van der Waals surface area contributed by atoms with Crippen LogP contribution in [-0.2, 0) is 7.05 Å². The van der Waals surface area contributed by atoms with Crippen molar-refractivity contribution in [2.45, 2.75) is 40.7 Å². The number of carbonyl (C=O) groups is 1. The lowest BCUT2D eigenvalue weighted by Gasteiger charge is -2.15. The molecular formula is C16H22N4O2. The highest BCUT2D eigenvalue weighted by atomic mass is 16.2. The molecule has 6 heteroatoms. The van der Waals surface area contributed by atoms with Crippen LogP contribution in [0, 0.1) is 27.7 Å². The first-order chi connectivity index (χ1) is 10.2. The number of nitrogens with one attached hydrogen (secondary N) is 2. The number of rotatable bonds is 3. The van der Waals surface area contributed by atoms with E-state index in [2.05, 4.69) is 15.4 Å². The highest BCUT2D eigenvalue weighted by Gasteiger charge is 2.21. The third kappa shape index (κ3) is 2.81. The number of hydrogen-bond donors (Lipinski definition) is 2. The number of aryl methyl sites for hydroxylation is 4. The van der Waals surface area contributed by atoms with Gasteiger partial charge in [0.25, 0.3) is 11.5 Å². The zero-order chi connectivity index (χ0) is 16.6. The van der Waals surface area contributed by atoms with Crippen molar-refractivity contribution in [2.75, 3.05) is 0 Å². The Morgan fingerprint density at radius 3 is 2.45 bits per heavy atom. The minimum atomic E-state index is -0.367. The van der Waals surface area contributed by atoms with Crippen molar-refractivity contribution in [1.82, 2.24) is 20.1 Å². The summed E-state index contributed by atoms with van der Waals surface area (Å²) in [5, 5.41) is 7.25. The molecule has 0 saturated carbocycles. The lowest BCUT2D eigenvalue weighted by Crippen LogP contribution is -2.33. The molecule has 0 fully saturated rings. The molecule has 1 atom stereocenters. The van der Waals surface area contributed by atoms with Crippen LogP contribution >= 0.6 is 0 Å². The standard InChI is InChI=1S/C16H22N4O2/c1-8-7-9(2)17-15(21)13(8)16(22)18-10(3)14-11(4)19-20(6)12(14)5/h7,10H,1-6H3,(H,17,21)(H,18,22)/t10-/m1/s1. The maximum Gasteiger partial charge on any atom is 0.261 e. The van der Waals surface area contributed by atoms with E-state index < -0.39 is 0 Å². The van der Waals surface area contributed by atoms with Gasteiger partial charge in [0.2, 0.25) is 0 Å². The molecule has 0 bridgehead atoms. The van der Waals surface area contributed by atoms with Crippen LogP contribution in [0.25, 0.3) is 0 Å². The Hall–Kier alpha value is -2.37. The van der Waals surface area contributed by atoms with E-state index in [-0.39, 0.29) is 23.1 Å². The molecule has 2 rings (SSSR count). The number of nitrogens with zero attached hydrogens (tertiary/aromatic N) is 2. The predicted octanol–water partition coefficient (Wildman–Crippen LogP) is 1.83. The van der Waals surface area contributed by atoms with Crippen LogP contribution in [0.3, 0.4) is 0 Å². The summed E-state index contributed by atoms with van der Waals surface area (Å²) in [5.74, 6) is -0.367. The molecule has 118 valence electrons. The highest BCUT2D eigenvalue weighted by Crippen LogP contribution is 2.21. The second-order valence-corrected chi connectivity index (χ2v) is 5.74. The molecule has 2 aromatic heterocycles. The van der Waals surface area contributed by atoms with Gasteiger partial charge in [0.15, 0.2) is 0 Å². The Kier molecular flexibility index (Phi) is 4.21. The first-order valence-corrected chi connectivity index (χ1v) is 7.23. The lowest BCUT2D eigenvalue weighted by molar-refractivity contribution is 0.0937. The van der Waals surface area contributed by atoms with Crippen LogP contribution in [-0.4, -0.2) is 20.7 Å². The minimum Gasteiger partial charge on any atom is -0.345 e. The van der Waals surface area contributed by atoms with Gasteiger partial charge in [-0.3, -0.25) is 14.3 Å². The Morgan fingerprint density at radius 2 is 1.95 bits per heavy atom. The van der Waals surface area contributed by atoms with Gasteiger partial charge in [-0.1, -0.05) is 0 Å². The van der Waals surface area contributed by atoms with Gasteiger partial charge in [0.05, 0.1) is 11.7 Å². The number of carbonyl (C=O) groups excluding carboxylic acids is 1. The van der Waals surface area contributed by atoms with Crippen LogP contribution in [0.5, 0.6) is 0 Å². The van der Waals surface area contributed by atoms with E-state index >= 15 is 0 Å². The van der Waals surface area contributed by atoms with E-state index in [9.17, 15) is 9.59 Å². The second kappa shape index (κ2) is 5.79. The fourth-order valence-electron chi connectivity index (χ4n) is 2.89. The third-order valence-electron chi connectivity index (χ3n) is 3.94. The molecule has 2 heterocycles. The van der Waals surface area contributed by atoms with Gasteiger partial charge in [0, 0.05) is 24.0 Å². The van der Waals surface area contributed by atoms with E-state index in [0.717, 1.165) is 22.6 Å². The van der Waals surface area contributed by atoms with E-state index in [1.165, 1.54) is 0 Å². The van der Waals surface area contributed by atoms with E-state index in [4.69, 9.17) is 0 Å². The van der Waals surface area contributed by atoms with Crippen molar-refractivity contribution < 1.29 is 4.79 Å². The molecule has 22 heavy (non-hydrogen) atoms. The molecule has 0 radical (unpaired) electrons. The van der Waals surface area contributed by atoms with Gasteiger partial charge in [-0.05, 0) is 46.2 Å². The molecule has 2 aromatic rings. The average Bonchev–Trinajstić information content (AvgIpc) is 2.61. The first kappa shape index (κ1) is 16.0. The Bertz CT molecular complexity index is 786. The van der Waals surface area contributed by atoms with Crippen LogP contribution in [0.1, 0.15) is 51.5 Å². The molecule has 0 aliphatic rings. The Balaban J connectivity index is 2.31. The van der Waals surface area contributed by atoms with Crippen molar-refractivity contribution in [2.24, 2.45) is 7.05 Å². The van der Waals surface area contributed by atoms with Crippen molar-refractivity contribution in [3.05, 3.63) is 50.2 Å². The lowest BCUT2D eigenvalue weighted by atomic mass is 10.0. The molecule has 0 unspecified atom stereocenters. The molecule has 0 aliphatic carbocycles. The molecule has 0 spiro atoms. The van der Waals surface area contributed by atoms with Crippen molar-refractivity contribution in [3.63, 3.8) is 0 Å². The zero-order valence-electron chi connectivity index (χ0n) is 13.9. The molecule has 1 amide bonds. The van der Waals surface area contributed by atoms with Crippen molar-refractivity contribution in [1.29, 1.82) is 0 Å². The van der Waals surface area contributed by atoms with Gasteiger partial charge >= 0.3 is 0 Å². The molecular weight excluding hydrogens is 280 g/mol. The molecule has 0 saturated heterocycles. The molecule has 6 nitrogen and oxygen atoms in total. The van der Waals surface area contributed by atoms with E-state index in [1.54, 1.807) is 24.6 Å². The molecule has 0 aliphatic heterocycles. The maximum atomic E-state index is 12.5. The van der Waals surface area contributed by atoms with Crippen molar-refractivity contribution >= 4 is 5.91 Å². The maximum absolute atomic E-state index is 12.5. The first-order valence-electron chi connectivity index (χ1n) is 7.23. The monoisotopic (exact) mass is 302 g/mol. The van der Waals surface area contributed by atoms with Crippen LogP contribution in [0.4, 0.5) is 0 Å². The molecule has 0 aromatic carbocycles. The zero-order valence-corrected chi connectivity index (χ0v) is 13.9. The molecule has 2 N–H and O–H groups in total. The summed E-state index contributed by atoms with van der Waals surface area (Å²) in [6.45, 7) is 9.33. The number of aromatic amines is 1. The summed E-state index contributed by atoms with van der Waals surface area (Å²) < 4.78 is 1.79. The average molecular weight is 302 g/mol. The summed E-state index contributed by atoms with van der Waals surface area (Å²) >= 11 is 0. The van der Waals surface area contributed by atoms with E-state index in [0.29, 0.717) is 5.56 Å². The van der Waals surface area contributed by atoms with Crippen LogP contribution < -0.4 is 10.9 Å². The topological polar surface area (TPSA) is 79.8 Å². The van der Waals surface area contributed by atoms with Gasteiger partial charge in [-0.2, -0.15) is 5.10 Å². The number of H-pyrrole nitrogens is 1. The summed E-state index contributed by atoms with van der Waals surface area (Å²) in [4.78, 5) is 27.1. The van der Waals surface area contributed by atoms with Crippen molar-refractivity contribution in [3.8, 4) is 0 Å². The minimum absolute atomic E-state index is 0.164. The Labute approximate surface area is 129 Å². The number of amides is 1. The summed E-state index contributed by atoms with van der Waals surface area (Å²) in [6, 6.07) is 1.57. The smallest absolute Gasteiger partial charge is 0.261 e. The fraction of sp³-hybridized carbons (Fsp3) is 0.438. The number of hydrogen-bond acceptors (Lipinski definition) is 3. The third-order valence-corrected chi connectivity index (χ3v) is 3.94. The summed E-state index contributed by atoms with van der Waals surface area (Å²) in [6.07, 6.45) is 0. The Morgan fingerprint density at radius 1 is 1.32 bits per heavy atom. The number of pyridine rings is 1. The summed E-state index contributed by atoms with van der Waals surface area (Å²) in [7, 11) is 1.87. The van der Waals surface area contributed by atoms with Gasteiger partial charge in [0.1, 0.15) is 5.56 Å². The highest BCUT2D eigenvalue weighted by molar-refractivity contribution is 5.95. The van der Waals surface area contributed by atoms with Gasteiger partial charge in [-0.25, -0.2) is 0 Å². The van der Waals surface area contributed by atoms with Gasteiger partial charge in [-0.15, -0.1) is 0 Å².